The summed E-state index contributed by atoms with van der Waals surface area (Å²) in [6, 6.07) is 3.47. The average Bonchev–Trinajstić information content (AvgIpc) is 2.35. The number of aldehydes is 1. The van der Waals surface area contributed by atoms with Crippen LogP contribution in [0.1, 0.15) is 18.4 Å². The lowest BCUT2D eigenvalue weighted by Crippen LogP contribution is -2.03. The first-order chi connectivity index (χ1) is 7.67. The van der Waals surface area contributed by atoms with Gasteiger partial charge in [0.25, 0.3) is 0 Å². The Bertz CT molecular complexity index is 348. The summed E-state index contributed by atoms with van der Waals surface area (Å²) in [5.41, 5.74) is 0.737. The Morgan fingerprint density at radius 3 is 1.88 bits per heavy atom. The fourth-order valence-electron chi connectivity index (χ4n) is 1.55. The maximum absolute atomic E-state index is 10.9. The van der Waals surface area contributed by atoms with Gasteiger partial charge < -0.3 is 19.0 Å². The molecule has 88 valence electrons. The van der Waals surface area contributed by atoms with E-state index < -0.39 is 0 Å². The third-order valence-corrected chi connectivity index (χ3v) is 2.41. The van der Waals surface area contributed by atoms with E-state index in [1.807, 2.05) is 0 Å². The quantitative estimate of drug-likeness (QED) is 0.718. The molecule has 0 heterocycles. The van der Waals surface area contributed by atoms with Gasteiger partial charge in [-0.2, -0.15) is 0 Å². The molecule has 16 heavy (non-hydrogen) atoms. The van der Waals surface area contributed by atoms with Gasteiger partial charge in [-0.1, -0.05) is 6.92 Å². The van der Waals surface area contributed by atoms with Gasteiger partial charge in [0.05, 0.1) is 21.3 Å². The summed E-state index contributed by atoms with van der Waals surface area (Å²) in [5, 5.41) is 0. The van der Waals surface area contributed by atoms with Crippen LogP contribution >= 0.6 is 0 Å². The molecule has 1 aromatic rings. The molecule has 0 bridgehead atoms. The summed E-state index contributed by atoms with van der Waals surface area (Å²) in [7, 11) is 4.67. The Labute approximate surface area is 95.1 Å². The molecule has 4 heteroatoms. The normalized spacial score (nSPS) is 11.8. The van der Waals surface area contributed by atoms with Crippen molar-refractivity contribution in [2.24, 2.45) is 0 Å². The molecule has 0 amide bonds. The molecule has 0 saturated carbocycles. The first kappa shape index (κ1) is 12.4. The van der Waals surface area contributed by atoms with Crippen molar-refractivity contribution in [3.8, 4) is 17.2 Å². The van der Waals surface area contributed by atoms with Gasteiger partial charge in [-0.05, 0) is 0 Å². The van der Waals surface area contributed by atoms with Crippen LogP contribution in [-0.2, 0) is 4.79 Å². The Balaban J connectivity index is 3.36. The molecule has 0 aliphatic rings. The minimum absolute atomic E-state index is 0.282. The van der Waals surface area contributed by atoms with Crippen LogP contribution in [0.25, 0.3) is 0 Å². The molecular weight excluding hydrogens is 208 g/mol. The van der Waals surface area contributed by atoms with Crippen LogP contribution in [0.4, 0.5) is 0 Å². The Morgan fingerprint density at radius 2 is 1.56 bits per heavy atom. The minimum atomic E-state index is -0.282. The van der Waals surface area contributed by atoms with Crippen molar-refractivity contribution in [1.82, 2.24) is 0 Å². The molecule has 0 N–H and O–H groups in total. The number of benzene rings is 1. The molecule has 0 spiro atoms. The molecule has 0 radical (unpaired) electrons. The second-order valence-corrected chi connectivity index (χ2v) is 3.37. The van der Waals surface area contributed by atoms with E-state index in [0.29, 0.717) is 17.2 Å². The number of rotatable bonds is 5. The van der Waals surface area contributed by atoms with Crippen LogP contribution in [0.15, 0.2) is 12.1 Å². The van der Waals surface area contributed by atoms with Crippen LogP contribution in [0.2, 0.25) is 0 Å². The number of methoxy groups -OCH3 is 3. The zero-order chi connectivity index (χ0) is 12.1. The SMILES string of the molecule is COc1cc(OC)c(C(C)C=O)c(OC)c1. The third-order valence-electron chi connectivity index (χ3n) is 2.41. The molecule has 0 aliphatic heterocycles. The number of ether oxygens (including phenoxy) is 3. The summed E-state index contributed by atoms with van der Waals surface area (Å²) in [5.74, 6) is 1.54. The Kier molecular flexibility index (Phi) is 4.17. The number of hydrogen-bond acceptors (Lipinski definition) is 4. The standard InChI is InChI=1S/C12H16O4/c1-8(7-13)12-10(15-3)5-9(14-2)6-11(12)16-4/h5-8H,1-4H3. The second kappa shape index (κ2) is 5.39. The van der Waals surface area contributed by atoms with Gasteiger partial charge in [-0.3, -0.25) is 0 Å². The molecule has 0 aromatic heterocycles. The average molecular weight is 224 g/mol. The van der Waals surface area contributed by atoms with Crippen LogP contribution in [-0.4, -0.2) is 27.6 Å². The van der Waals surface area contributed by atoms with Crippen molar-refractivity contribution in [2.45, 2.75) is 12.8 Å². The second-order valence-electron chi connectivity index (χ2n) is 3.37. The van der Waals surface area contributed by atoms with Crippen molar-refractivity contribution in [3.05, 3.63) is 17.7 Å². The van der Waals surface area contributed by atoms with E-state index in [1.54, 1.807) is 40.4 Å². The van der Waals surface area contributed by atoms with Gasteiger partial charge in [0.1, 0.15) is 23.5 Å². The third kappa shape index (κ3) is 2.27. The van der Waals surface area contributed by atoms with Crippen molar-refractivity contribution in [1.29, 1.82) is 0 Å². The van der Waals surface area contributed by atoms with Gasteiger partial charge >= 0.3 is 0 Å². The van der Waals surface area contributed by atoms with Crippen LogP contribution in [0.3, 0.4) is 0 Å². The molecule has 0 fully saturated rings. The first-order valence-corrected chi connectivity index (χ1v) is 4.93. The number of carbonyl (C=O) groups is 1. The monoisotopic (exact) mass is 224 g/mol. The molecule has 4 nitrogen and oxygen atoms in total. The molecule has 1 unspecified atom stereocenters. The molecule has 1 atom stereocenters. The summed E-state index contributed by atoms with van der Waals surface area (Å²) < 4.78 is 15.6. The van der Waals surface area contributed by atoms with E-state index in [-0.39, 0.29) is 5.92 Å². The highest BCUT2D eigenvalue weighted by molar-refractivity contribution is 5.67. The molecule has 1 aromatic carbocycles. The van der Waals surface area contributed by atoms with Crippen molar-refractivity contribution >= 4 is 6.29 Å². The first-order valence-electron chi connectivity index (χ1n) is 4.93. The van der Waals surface area contributed by atoms with E-state index in [4.69, 9.17) is 14.2 Å². The smallest absolute Gasteiger partial charge is 0.130 e. The van der Waals surface area contributed by atoms with E-state index in [0.717, 1.165) is 11.8 Å². The Hall–Kier alpha value is -1.71. The predicted molar refractivity (Wildman–Crippen MR) is 60.6 cm³/mol. The number of hydrogen-bond donors (Lipinski definition) is 0. The summed E-state index contributed by atoms with van der Waals surface area (Å²) in [6.07, 6.45) is 0.854. The zero-order valence-electron chi connectivity index (χ0n) is 9.94. The highest BCUT2D eigenvalue weighted by Gasteiger charge is 2.18. The molecule has 0 aliphatic carbocycles. The minimum Gasteiger partial charge on any atom is -0.496 e. The Morgan fingerprint density at radius 1 is 1.06 bits per heavy atom. The lowest BCUT2D eigenvalue weighted by molar-refractivity contribution is -0.108. The van der Waals surface area contributed by atoms with Gasteiger partial charge in [-0.25, -0.2) is 0 Å². The van der Waals surface area contributed by atoms with Gasteiger partial charge in [-0.15, -0.1) is 0 Å². The van der Waals surface area contributed by atoms with Gasteiger partial charge in [0.2, 0.25) is 0 Å². The largest absolute Gasteiger partial charge is 0.496 e. The lowest BCUT2D eigenvalue weighted by Gasteiger charge is -2.16. The molecular formula is C12H16O4. The molecule has 0 saturated heterocycles. The van der Waals surface area contributed by atoms with E-state index in [2.05, 4.69) is 0 Å². The summed E-state index contributed by atoms with van der Waals surface area (Å²) in [6.45, 7) is 1.79. The van der Waals surface area contributed by atoms with E-state index >= 15 is 0 Å². The highest BCUT2D eigenvalue weighted by Crippen LogP contribution is 2.38. The maximum Gasteiger partial charge on any atom is 0.130 e. The maximum atomic E-state index is 10.9. The van der Waals surface area contributed by atoms with Crippen molar-refractivity contribution < 1.29 is 19.0 Å². The predicted octanol–water partition coefficient (Wildman–Crippen LogP) is 2.01. The summed E-state index contributed by atoms with van der Waals surface area (Å²) in [4.78, 5) is 10.9. The summed E-state index contributed by atoms with van der Waals surface area (Å²) >= 11 is 0. The molecule has 1 rings (SSSR count). The van der Waals surface area contributed by atoms with E-state index in [9.17, 15) is 4.79 Å². The van der Waals surface area contributed by atoms with Crippen molar-refractivity contribution in [2.75, 3.05) is 21.3 Å². The van der Waals surface area contributed by atoms with Crippen molar-refractivity contribution in [3.63, 3.8) is 0 Å². The van der Waals surface area contributed by atoms with Gasteiger partial charge in [0.15, 0.2) is 0 Å². The highest BCUT2D eigenvalue weighted by atomic mass is 16.5. The zero-order valence-corrected chi connectivity index (χ0v) is 9.94. The fraction of sp³-hybridized carbons (Fsp3) is 0.417. The fourth-order valence-corrected chi connectivity index (χ4v) is 1.55. The van der Waals surface area contributed by atoms with Crippen LogP contribution in [0.5, 0.6) is 17.2 Å². The lowest BCUT2D eigenvalue weighted by atomic mass is 10.00. The van der Waals surface area contributed by atoms with Gasteiger partial charge in [0, 0.05) is 23.6 Å². The van der Waals surface area contributed by atoms with Crippen LogP contribution in [0, 0.1) is 0 Å². The van der Waals surface area contributed by atoms with E-state index in [1.165, 1.54) is 0 Å². The van der Waals surface area contributed by atoms with Crippen LogP contribution < -0.4 is 14.2 Å². The number of carbonyl (C=O) groups excluding carboxylic acids is 1. The topological polar surface area (TPSA) is 44.8 Å².